The number of nitrogens with one attached hydrogen (secondary N) is 2. The van der Waals surface area contributed by atoms with E-state index in [4.69, 9.17) is 9.90 Å². The molecule has 3 rings (SSSR count). The molecular weight excluding hydrogens is 338 g/mol. The first-order valence-corrected chi connectivity index (χ1v) is 7.75. The van der Waals surface area contributed by atoms with Crippen LogP contribution in [0.3, 0.4) is 0 Å². The minimum Gasteiger partial charge on any atom is -0.483 e. The molecule has 0 aliphatic rings. The quantitative estimate of drug-likeness (QED) is 0.574. The number of rotatable bonds is 5. The van der Waals surface area contributed by atoms with Gasteiger partial charge in [0.05, 0.1) is 17.6 Å². The third-order valence-corrected chi connectivity index (χ3v) is 3.74. The maximum absolute atomic E-state index is 12.4. The van der Waals surface area contributed by atoms with E-state index in [0.717, 1.165) is 11.4 Å². The van der Waals surface area contributed by atoms with Gasteiger partial charge in [-0.05, 0) is 25.1 Å². The number of H-pyrrole nitrogens is 1. The highest BCUT2D eigenvalue weighted by molar-refractivity contribution is 6.00. The van der Waals surface area contributed by atoms with E-state index in [-0.39, 0.29) is 12.4 Å². The highest BCUT2D eigenvalue weighted by atomic mass is 16.3. The van der Waals surface area contributed by atoms with Gasteiger partial charge in [-0.2, -0.15) is 5.21 Å². The first kappa shape index (κ1) is 18.8. The number of amides is 1. The molecule has 26 heavy (non-hydrogen) atoms. The number of carbonyl (C=O) groups excluding carboxylic acids is 1. The predicted octanol–water partition coefficient (Wildman–Crippen LogP) is 0.811. The minimum absolute atomic E-state index is 0.167. The van der Waals surface area contributed by atoms with Crippen LogP contribution in [-0.4, -0.2) is 54.2 Å². The molecule has 2 heterocycles. The van der Waals surface area contributed by atoms with E-state index in [9.17, 15) is 4.79 Å². The number of aromatic nitrogens is 6. The maximum atomic E-state index is 12.4. The van der Waals surface area contributed by atoms with Gasteiger partial charge >= 0.3 is 0 Å². The molecule has 3 aromatic rings. The van der Waals surface area contributed by atoms with E-state index >= 15 is 0 Å². The lowest BCUT2D eigenvalue weighted by Crippen LogP contribution is -2.27. The Morgan fingerprint density at radius 1 is 1.35 bits per heavy atom. The van der Waals surface area contributed by atoms with Gasteiger partial charge in [0.25, 0.3) is 12.4 Å². The van der Waals surface area contributed by atoms with Crippen LogP contribution >= 0.6 is 0 Å². The van der Waals surface area contributed by atoms with Crippen molar-refractivity contribution in [3.05, 3.63) is 47.5 Å². The molecule has 0 radical (unpaired) electrons. The van der Waals surface area contributed by atoms with E-state index in [1.807, 2.05) is 30.5 Å². The number of imidazole rings is 1. The topological polar surface area (TPSA) is 139 Å². The molecule has 0 saturated carbocycles. The van der Waals surface area contributed by atoms with E-state index in [1.54, 1.807) is 18.5 Å². The Labute approximate surface area is 149 Å². The van der Waals surface area contributed by atoms with Gasteiger partial charge in [0.2, 0.25) is 5.82 Å². The summed E-state index contributed by atoms with van der Waals surface area (Å²) in [6.07, 6.45) is 1.78. The van der Waals surface area contributed by atoms with Crippen molar-refractivity contribution in [2.75, 3.05) is 6.54 Å². The Balaban J connectivity index is 0.000000758. The summed E-state index contributed by atoms with van der Waals surface area (Å²) in [4.78, 5) is 25.0. The number of hydrogen-bond acceptors (Lipinski definition) is 6. The van der Waals surface area contributed by atoms with Crippen molar-refractivity contribution in [3.8, 4) is 11.4 Å². The summed E-state index contributed by atoms with van der Waals surface area (Å²) >= 11 is 0. The van der Waals surface area contributed by atoms with Gasteiger partial charge in [0, 0.05) is 24.3 Å². The molecule has 136 valence electrons. The van der Waals surface area contributed by atoms with Crippen LogP contribution in [0.25, 0.3) is 11.4 Å². The van der Waals surface area contributed by atoms with Crippen molar-refractivity contribution in [3.63, 3.8) is 0 Å². The smallest absolute Gasteiger partial charge is 0.290 e. The van der Waals surface area contributed by atoms with Gasteiger partial charge in [-0.25, -0.2) is 4.98 Å². The fraction of sp³-hybridized carbons (Fsp3) is 0.250. The molecule has 3 N–H and O–H groups in total. The molecule has 0 spiro atoms. The van der Waals surface area contributed by atoms with Gasteiger partial charge in [-0.3, -0.25) is 9.59 Å². The average Bonchev–Trinajstić information content (AvgIpc) is 3.28. The van der Waals surface area contributed by atoms with Crippen LogP contribution in [-0.2, 0) is 11.3 Å². The second-order valence-electron chi connectivity index (χ2n) is 5.25. The van der Waals surface area contributed by atoms with Crippen molar-refractivity contribution in [1.29, 1.82) is 0 Å². The zero-order valence-electron chi connectivity index (χ0n) is 14.4. The van der Waals surface area contributed by atoms with Gasteiger partial charge < -0.3 is 15.0 Å². The monoisotopic (exact) mass is 357 g/mol. The number of nitrogens with zero attached hydrogens (tertiary/aromatic N) is 5. The molecule has 0 saturated heterocycles. The Morgan fingerprint density at radius 2 is 2.08 bits per heavy atom. The highest BCUT2D eigenvalue weighted by Gasteiger charge is 2.14. The largest absolute Gasteiger partial charge is 0.483 e. The zero-order chi connectivity index (χ0) is 18.9. The van der Waals surface area contributed by atoms with Crippen LogP contribution < -0.4 is 5.32 Å². The van der Waals surface area contributed by atoms with E-state index in [2.05, 4.69) is 30.9 Å². The molecule has 10 nitrogen and oxygen atoms in total. The van der Waals surface area contributed by atoms with Crippen LogP contribution in [0.1, 0.15) is 21.7 Å². The van der Waals surface area contributed by atoms with Gasteiger partial charge in [0.1, 0.15) is 0 Å². The van der Waals surface area contributed by atoms with Crippen LogP contribution in [0.2, 0.25) is 0 Å². The number of aryl methyl sites for hydroxylation is 1. The lowest BCUT2D eigenvalue weighted by Gasteiger charge is -2.09. The van der Waals surface area contributed by atoms with Crippen LogP contribution in [0.15, 0.2) is 30.6 Å². The minimum atomic E-state index is -0.250. The predicted molar refractivity (Wildman–Crippen MR) is 92.3 cm³/mol. The Kier molecular flexibility index (Phi) is 6.54. The molecule has 1 aromatic carbocycles. The number of carboxylic acid groups (broad SMARTS) is 1. The van der Waals surface area contributed by atoms with Gasteiger partial charge in [0.15, 0.2) is 0 Å². The molecule has 0 bridgehead atoms. The third kappa shape index (κ3) is 4.50. The maximum Gasteiger partial charge on any atom is 0.290 e. The molecular formula is C16H19N7O3. The Bertz CT molecular complexity index is 859. The van der Waals surface area contributed by atoms with Gasteiger partial charge in [-0.15, -0.1) is 10.2 Å². The Morgan fingerprint density at radius 3 is 2.69 bits per heavy atom. The Hall–Kier alpha value is -3.56. The molecule has 10 heteroatoms. The fourth-order valence-corrected chi connectivity index (χ4v) is 2.31. The summed E-state index contributed by atoms with van der Waals surface area (Å²) in [7, 11) is 0. The molecule has 0 fully saturated rings. The second kappa shape index (κ2) is 9.06. The second-order valence-corrected chi connectivity index (χ2v) is 5.25. The van der Waals surface area contributed by atoms with Crippen molar-refractivity contribution in [2.45, 2.75) is 20.4 Å². The van der Waals surface area contributed by atoms with E-state index in [1.165, 1.54) is 0 Å². The molecule has 0 aliphatic carbocycles. The van der Waals surface area contributed by atoms with Crippen molar-refractivity contribution in [2.24, 2.45) is 0 Å². The first-order chi connectivity index (χ1) is 12.6. The fourth-order valence-electron chi connectivity index (χ4n) is 2.31. The number of tetrazole rings is 1. The average molecular weight is 357 g/mol. The lowest BCUT2D eigenvalue weighted by atomic mass is 10.1. The van der Waals surface area contributed by atoms with Crippen molar-refractivity contribution >= 4 is 12.4 Å². The third-order valence-electron chi connectivity index (χ3n) is 3.74. The van der Waals surface area contributed by atoms with Crippen LogP contribution in [0.4, 0.5) is 0 Å². The molecule has 0 atom stereocenters. The van der Waals surface area contributed by atoms with Gasteiger partial charge in [-0.1, -0.05) is 18.2 Å². The summed E-state index contributed by atoms with van der Waals surface area (Å²) in [5.74, 6) is 0.233. The summed E-state index contributed by atoms with van der Waals surface area (Å²) < 4.78 is 2.01. The lowest BCUT2D eigenvalue weighted by molar-refractivity contribution is -0.122. The SMILES string of the molecule is Cc1ncn(CCNC(=O)c2ccccc2-c2nn[nH]n2)c1C.O=CO. The van der Waals surface area contributed by atoms with E-state index in [0.29, 0.717) is 30.0 Å². The number of aromatic amines is 1. The number of carbonyl (C=O) groups is 2. The molecule has 1 amide bonds. The first-order valence-electron chi connectivity index (χ1n) is 7.75. The summed E-state index contributed by atoms with van der Waals surface area (Å²) in [6.45, 7) is 4.90. The van der Waals surface area contributed by atoms with Crippen molar-refractivity contribution < 1.29 is 14.7 Å². The summed E-state index contributed by atoms with van der Waals surface area (Å²) in [6, 6.07) is 7.18. The summed E-state index contributed by atoms with van der Waals surface area (Å²) in [5.41, 5.74) is 3.27. The molecule has 2 aromatic heterocycles. The zero-order valence-corrected chi connectivity index (χ0v) is 14.4. The van der Waals surface area contributed by atoms with E-state index < -0.39 is 0 Å². The van der Waals surface area contributed by atoms with Crippen molar-refractivity contribution in [1.82, 2.24) is 35.5 Å². The normalized spacial score (nSPS) is 9.92. The highest BCUT2D eigenvalue weighted by Crippen LogP contribution is 2.18. The number of hydrogen-bond donors (Lipinski definition) is 3. The number of benzene rings is 1. The molecule has 0 unspecified atom stereocenters. The van der Waals surface area contributed by atoms with Crippen LogP contribution in [0, 0.1) is 13.8 Å². The van der Waals surface area contributed by atoms with Crippen LogP contribution in [0.5, 0.6) is 0 Å². The summed E-state index contributed by atoms with van der Waals surface area (Å²) in [5, 5.41) is 23.6. The molecule has 0 aliphatic heterocycles. The standard InChI is InChI=1S/C15H17N7O.CH2O2/c1-10-11(2)22(9-17-10)8-7-16-15(23)13-6-4-3-5-12(13)14-18-20-21-19-14;2-1-3/h3-6,9H,7-8H2,1-2H3,(H,16,23)(H,18,19,20,21);1H,(H,2,3).